The molecule has 0 unspecified atom stereocenters. The zero-order chi connectivity index (χ0) is 12.5. The van der Waals surface area contributed by atoms with Crippen molar-refractivity contribution in [2.24, 2.45) is 0 Å². The average Bonchev–Trinajstić information content (AvgIpc) is 2.98. The molecular weight excluding hydrogens is 268 g/mol. The first-order valence-electron chi connectivity index (χ1n) is 5.38. The number of carbonyl (C=O) groups is 1. The minimum absolute atomic E-state index is 0.647. The number of aldehydes is 1. The molecule has 0 spiro atoms. The molecule has 0 radical (unpaired) electrons. The van der Waals surface area contributed by atoms with E-state index in [2.05, 4.69) is 4.98 Å². The second-order valence-corrected chi connectivity index (χ2v) is 5.13. The third-order valence-electron chi connectivity index (χ3n) is 2.82. The van der Waals surface area contributed by atoms with Gasteiger partial charge in [0, 0.05) is 27.5 Å². The first-order chi connectivity index (χ1) is 8.78. The van der Waals surface area contributed by atoms with Gasteiger partial charge < -0.3 is 4.57 Å². The van der Waals surface area contributed by atoms with Gasteiger partial charge in [-0.3, -0.25) is 4.79 Å². The number of halogens is 1. The van der Waals surface area contributed by atoms with Gasteiger partial charge in [0.2, 0.25) is 0 Å². The Morgan fingerprint density at radius 1 is 1.44 bits per heavy atom. The standard InChI is InChI=1S/C13H9ClN2OS/c14-10-1-2-12-9(6-17)4-16(13(12)3-10)5-11-7-18-8-15-11/h1-4,6-8H,5H2. The summed E-state index contributed by atoms with van der Waals surface area (Å²) in [6.07, 6.45) is 2.71. The van der Waals surface area contributed by atoms with Crippen LogP contribution in [0.15, 0.2) is 35.3 Å². The first kappa shape index (κ1) is 11.4. The summed E-state index contributed by atoms with van der Waals surface area (Å²) in [7, 11) is 0. The summed E-state index contributed by atoms with van der Waals surface area (Å²) in [4.78, 5) is 15.3. The zero-order valence-corrected chi connectivity index (χ0v) is 10.9. The Balaban J connectivity index is 2.16. The van der Waals surface area contributed by atoms with Crippen molar-refractivity contribution >= 4 is 40.1 Å². The molecule has 2 aromatic heterocycles. The summed E-state index contributed by atoms with van der Waals surface area (Å²) < 4.78 is 2.00. The van der Waals surface area contributed by atoms with E-state index in [4.69, 9.17) is 11.6 Å². The number of nitrogens with zero attached hydrogens (tertiary/aromatic N) is 2. The molecule has 0 atom stereocenters. The lowest BCUT2D eigenvalue weighted by atomic mass is 10.2. The highest BCUT2D eigenvalue weighted by Gasteiger charge is 2.09. The van der Waals surface area contributed by atoms with Gasteiger partial charge in [-0.05, 0) is 12.1 Å². The molecule has 5 heteroatoms. The predicted octanol–water partition coefficient (Wildman–Crippen LogP) is 3.61. The van der Waals surface area contributed by atoms with Gasteiger partial charge in [-0.1, -0.05) is 17.7 Å². The smallest absolute Gasteiger partial charge is 0.152 e. The molecule has 3 rings (SSSR count). The Hall–Kier alpha value is -1.65. The molecular formula is C13H9ClN2OS. The number of hydrogen-bond acceptors (Lipinski definition) is 3. The maximum absolute atomic E-state index is 11.1. The highest BCUT2D eigenvalue weighted by Crippen LogP contribution is 2.24. The van der Waals surface area contributed by atoms with Crippen LogP contribution in [0.1, 0.15) is 16.1 Å². The summed E-state index contributed by atoms with van der Waals surface area (Å²) in [6, 6.07) is 5.54. The van der Waals surface area contributed by atoms with Crippen LogP contribution in [-0.2, 0) is 6.54 Å². The number of benzene rings is 1. The molecule has 0 saturated heterocycles. The quantitative estimate of drug-likeness (QED) is 0.685. The third kappa shape index (κ3) is 1.94. The van der Waals surface area contributed by atoms with Crippen molar-refractivity contribution in [1.29, 1.82) is 0 Å². The van der Waals surface area contributed by atoms with E-state index in [9.17, 15) is 4.79 Å². The summed E-state index contributed by atoms with van der Waals surface area (Å²) in [5.74, 6) is 0. The van der Waals surface area contributed by atoms with Crippen molar-refractivity contribution < 1.29 is 4.79 Å². The Bertz CT molecular complexity index is 703. The molecule has 0 aliphatic carbocycles. The normalized spacial score (nSPS) is 10.9. The van der Waals surface area contributed by atoms with Crippen molar-refractivity contribution in [2.75, 3.05) is 0 Å². The Kier molecular flexibility index (Phi) is 2.89. The molecule has 0 saturated carbocycles. The van der Waals surface area contributed by atoms with E-state index >= 15 is 0 Å². The summed E-state index contributed by atoms with van der Waals surface area (Å²) in [6.45, 7) is 0.647. The molecule has 0 amide bonds. The molecule has 0 bridgehead atoms. The van der Waals surface area contributed by atoms with Gasteiger partial charge in [0.25, 0.3) is 0 Å². The van der Waals surface area contributed by atoms with Gasteiger partial charge in [0.15, 0.2) is 6.29 Å². The fourth-order valence-electron chi connectivity index (χ4n) is 2.01. The minimum atomic E-state index is 0.647. The van der Waals surface area contributed by atoms with E-state index in [0.29, 0.717) is 17.1 Å². The molecule has 90 valence electrons. The van der Waals surface area contributed by atoms with E-state index in [1.54, 1.807) is 22.9 Å². The maximum Gasteiger partial charge on any atom is 0.152 e. The lowest BCUT2D eigenvalue weighted by Gasteiger charge is -2.02. The van der Waals surface area contributed by atoms with Crippen LogP contribution in [0.25, 0.3) is 10.9 Å². The molecule has 0 aliphatic rings. The SMILES string of the molecule is O=Cc1cn(Cc2cscn2)c2cc(Cl)ccc12. The maximum atomic E-state index is 11.1. The van der Waals surface area contributed by atoms with Crippen LogP contribution in [-0.4, -0.2) is 15.8 Å². The van der Waals surface area contributed by atoms with Crippen LogP contribution < -0.4 is 0 Å². The second-order valence-electron chi connectivity index (χ2n) is 3.97. The van der Waals surface area contributed by atoms with Gasteiger partial charge in [-0.2, -0.15) is 0 Å². The van der Waals surface area contributed by atoms with E-state index in [-0.39, 0.29) is 0 Å². The van der Waals surface area contributed by atoms with Gasteiger partial charge in [0.05, 0.1) is 23.3 Å². The van der Waals surface area contributed by atoms with Crippen molar-refractivity contribution in [1.82, 2.24) is 9.55 Å². The van der Waals surface area contributed by atoms with Crippen LogP contribution in [0.2, 0.25) is 5.02 Å². The number of hydrogen-bond donors (Lipinski definition) is 0. The fourth-order valence-corrected chi connectivity index (χ4v) is 2.72. The molecule has 1 aromatic carbocycles. The first-order valence-corrected chi connectivity index (χ1v) is 6.70. The molecule has 2 heterocycles. The Morgan fingerprint density at radius 2 is 2.33 bits per heavy atom. The van der Waals surface area contributed by atoms with E-state index in [0.717, 1.165) is 22.9 Å². The Morgan fingerprint density at radius 3 is 3.06 bits per heavy atom. The summed E-state index contributed by atoms with van der Waals surface area (Å²) in [5, 5.41) is 3.58. The second kappa shape index (κ2) is 4.55. The molecule has 0 fully saturated rings. The molecule has 3 nitrogen and oxygen atoms in total. The minimum Gasteiger partial charge on any atom is -0.341 e. The summed E-state index contributed by atoms with van der Waals surface area (Å²) in [5.41, 5.74) is 4.41. The molecule has 0 aliphatic heterocycles. The fraction of sp³-hybridized carbons (Fsp3) is 0.0769. The highest BCUT2D eigenvalue weighted by molar-refractivity contribution is 7.07. The van der Waals surface area contributed by atoms with E-state index in [1.165, 1.54) is 0 Å². The van der Waals surface area contributed by atoms with Gasteiger partial charge in [-0.15, -0.1) is 11.3 Å². The van der Waals surface area contributed by atoms with Gasteiger partial charge >= 0.3 is 0 Å². The third-order valence-corrected chi connectivity index (χ3v) is 3.69. The van der Waals surface area contributed by atoms with Crippen LogP contribution >= 0.6 is 22.9 Å². The van der Waals surface area contributed by atoms with Crippen LogP contribution in [0, 0.1) is 0 Å². The highest BCUT2D eigenvalue weighted by atomic mass is 35.5. The molecule has 3 aromatic rings. The van der Waals surface area contributed by atoms with Gasteiger partial charge in [-0.25, -0.2) is 4.98 Å². The van der Waals surface area contributed by atoms with Gasteiger partial charge in [0.1, 0.15) is 0 Å². The lowest BCUT2D eigenvalue weighted by molar-refractivity contribution is 0.112. The number of fused-ring (bicyclic) bond motifs is 1. The number of aromatic nitrogens is 2. The van der Waals surface area contributed by atoms with Crippen molar-refractivity contribution in [3.63, 3.8) is 0 Å². The van der Waals surface area contributed by atoms with Crippen molar-refractivity contribution in [3.05, 3.63) is 51.6 Å². The number of carbonyl (C=O) groups excluding carboxylic acids is 1. The van der Waals surface area contributed by atoms with Crippen molar-refractivity contribution in [2.45, 2.75) is 6.54 Å². The van der Waals surface area contributed by atoms with Crippen molar-refractivity contribution in [3.8, 4) is 0 Å². The van der Waals surface area contributed by atoms with Crippen LogP contribution in [0.5, 0.6) is 0 Å². The van der Waals surface area contributed by atoms with E-state index in [1.807, 2.05) is 28.3 Å². The lowest BCUT2D eigenvalue weighted by Crippen LogP contribution is -1.97. The topological polar surface area (TPSA) is 34.9 Å². The van der Waals surface area contributed by atoms with E-state index < -0.39 is 0 Å². The Labute approximate surface area is 113 Å². The molecule has 0 N–H and O–H groups in total. The number of thiazole rings is 1. The average molecular weight is 277 g/mol. The van der Waals surface area contributed by atoms with Crippen LogP contribution in [0.4, 0.5) is 0 Å². The largest absolute Gasteiger partial charge is 0.341 e. The predicted molar refractivity (Wildman–Crippen MR) is 73.6 cm³/mol. The summed E-state index contributed by atoms with van der Waals surface area (Å²) >= 11 is 7.57. The number of rotatable bonds is 3. The molecule has 18 heavy (non-hydrogen) atoms. The monoisotopic (exact) mass is 276 g/mol. The zero-order valence-electron chi connectivity index (χ0n) is 9.34. The van der Waals surface area contributed by atoms with Crippen LogP contribution in [0.3, 0.4) is 0 Å².